The van der Waals surface area contributed by atoms with E-state index in [0.29, 0.717) is 24.9 Å². The molecule has 4 atom stereocenters. The number of aryl methyl sites for hydroxylation is 1. The summed E-state index contributed by atoms with van der Waals surface area (Å²) in [6.07, 6.45) is 2.56. The maximum Gasteiger partial charge on any atom is 0.392 e. The molecule has 202 valence electrons. The van der Waals surface area contributed by atoms with Crippen LogP contribution in [0.3, 0.4) is 0 Å². The van der Waals surface area contributed by atoms with Gasteiger partial charge >= 0.3 is 6.18 Å². The number of hydrogen-bond acceptors (Lipinski definition) is 2. The summed E-state index contributed by atoms with van der Waals surface area (Å²) in [5, 5.41) is 7.34. The summed E-state index contributed by atoms with van der Waals surface area (Å²) in [6, 6.07) is 13.3. The normalized spacial score (nSPS) is 26.1. The van der Waals surface area contributed by atoms with Crippen LogP contribution in [0.4, 0.5) is 23.2 Å². The molecule has 0 spiro atoms. The molecule has 2 aromatic carbocycles. The second kappa shape index (κ2) is 9.21. The number of halogens is 4. The van der Waals surface area contributed by atoms with Gasteiger partial charge in [0.1, 0.15) is 5.82 Å². The number of hydrogen-bond donors (Lipinski definition) is 1. The third kappa shape index (κ3) is 4.39. The van der Waals surface area contributed by atoms with E-state index in [-0.39, 0.29) is 12.2 Å². The maximum atomic E-state index is 14.3. The fraction of sp³-hybridized carbons (Fsp3) is 0.355. The first-order valence-corrected chi connectivity index (χ1v) is 13.2. The maximum absolute atomic E-state index is 14.3. The van der Waals surface area contributed by atoms with Gasteiger partial charge in [0.25, 0.3) is 0 Å². The third-order valence-corrected chi connectivity index (χ3v) is 8.75. The highest BCUT2D eigenvalue weighted by Crippen LogP contribution is 2.59. The average molecular weight is 536 g/mol. The molecular formula is C31H29F4N3O. The molecule has 39 heavy (non-hydrogen) atoms. The topological polar surface area (TPSA) is 46.9 Å². The highest BCUT2D eigenvalue weighted by Gasteiger charge is 2.56. The van der Waals surface area contributed by atoms with Crippen LogP contribution < -0.4 is 5.32 Å². The largest absolute Gasteiger partial charge is 0.392 e. The van der Waals surface area contributed by atoms with E-state index >= 15 is 0 Å². The Bertz CT molecular complexity index is 1500. The first kappa shape index (κ1) is 25.6. The SMILES string of the molecule is Cc1cccc(NC(=O)[C@H]2[C@H](C(F)(F)F)CC=C3[C@@H]2CCC2=Cc4c(cnn4-c4ccc(F)cc4)C[C@@]23C)c1. The van der Waals surface area contributed by atoms with Crippen LogP contribution in [0.25, 0.3) is 11.8 Å². The molecule has 0 aliphatic heterocycles. The van der Waals surface area contributed by atoms with Crippen molar-refractivity contribution in [2.45, 2.75) is 45.7 Å². The first-order chi connectivity index (χ1) is 18.5. The van der Waals surface area contributed by atoms with Gasteiger partial charge in [-0.1, -0.05) is 36.3 Å². The van der Waals surface area contributed by atoms with E-state index in [9.17, 15) is 22.4 Å². The number of rotatable bonds is 3. The van der Waals surface area contributed by atoms with Gasteiger partial charge in [0.2, 0.25) is 5.91 Å². The first-order valence-electron chi connectivity index (χ1n) is 13.2. The van der Waals surface area contributed by atoms with Crippen molar-refractivity contribution in [1.82, 2.24) is 9.78 Å². The van der Waals surface area contributed by atoms with E-state index in [2.05, 4.69) is 23.4 Å². The van der Waals surface area contributed by atoms with Gasteiger partial charge < -0.3 is 5.32 Å². The Morgan fingerprint density at radius 3 is 2.64 bits per heavy atom. The molecule has 0 unspecified atom stereocenters. The van der Waals surface area contributed by atoms with Gasteiger partial charge in [-0.05, 0) is 92.1 Å². The summed E-state index contributed by atoms with van der Waals surface area (Å²) < 4.78 is 58.1. The predicted molar refractivity (Wildman–Crippen MR) is 142 cm³/mol. The van der Waals surface area contributed by atoms with Crippen molar-refractivity contribution in [1.29, 1.82) is 0 Å². The highest BCUT2D eigenvalue weighted by atomic mass is 19.4. The number of aromatic nitrogens is 2. The van der Waals surface area contributed by atoms with E-state index in [1.165, 1.54) is 12.1 Å². The molecule has 4 nitrogen and oxygen atoms in total. The minimum Gasteiger partial charge on any atom is -0.326 e. The summed E-state index contributed by atoms with van der Waals surface area (Å²) in [4.78, 5) is 13.5. The minimum absolute atomic E-state index is 0.216. The van der Waals surface area contributed by atoms with Crippen LogP contribution in [0.1, 0.15) is 43.0 Å². The third-order valence-electron chi connectivity index (χ3n) is 8.75. The summed E-state index contributed by atoms with van der Waals surface area (Å²) in [6.45, 7) is 3.96. The van der Waals surface area contributed by atoms with Crippen LogP contribution in [0, 0.1) is 35.9 Å². The molecular weight excluding hydrogens is 506 g/mol. The molecule has 0 saturated heterocycles. The smallest absolute Gasteiger partial charge is 0.326 e. The summed E-state index contributed by atoms with van der Waals surface area (Å²) >= 11 is 0. The Hall–Kier alpha value is -3.68. The zero-order chi connectivity index (χ0) is 27.5. The molecule has 1 saturated carbocycles. The van der Waals surface area contributed by atoms with Crippen LogP contribution >= 0.6 is 0 Å². The number of amides is 1. The molecule has 1 fully saturated rings. The molecule has 3 aliphatic rings. The Kier molecular flexibility index (Phi) is 6.04. The second-order valence-corrected chi connectivity index (χ2v) is 11.2. The number of anilines is 1. The van der Waals surface area contributed by atoms with Gasteiger partial charge in [0.05, 0.1) is 29.4 Å². The van der Waals surface area contributed by atoms with Gasteiger partial charge in [0.15, 0.2) is 0 Å². The van der Waals surface area contributed by atoms with Crippen LogP contribution in [0.15, 0.2) is 72.0 Å². The van der Waals surface area contributed by atoms with Crippen LogP contribution in [0.2, 0.25) is 0 Å². The minimum atomic E-state index is -4.48. The van der Waals surface area contributed by atoms with E-state index in [0.717, 1.165) is 33.7 Å². The number of allylic oxidation sites excluding steroid dienone is 3. The predicted octanol–water partition coefficient (Wildman–Crippen LogP) is 7.44. The van der Waals surface area contributed by atoms with Crippen molar-refractivity contribution in [3.63, 3.8) is 0 Å². The van der Waals surface area contributed by atoms with Crippen LogP contribution in [0.5, 0.6) is 0 Å². The fourth-order valence-electron chi connectivity index (χ4n) is 6.88. The van der Waals surface area contributed by atoms with E-state index < -0.39 is 35.3 Å². The molecule has 0 radical (unpaired) electrons. The second-order valence-electron chi connectivity index (χ2n) is 11.2. The molecule has 0 bridgehead atoms. The van der Waals surface area contributed by atoms with Gasteiger partial charge in [-0.15, -0.1) is 0 Å². The summed E-state index contributed by atoms with van der Waals surface area (Å²) in [5.41, 5.74) is 5.61. The summed E-state index contributed by atoms with van der Waals surface area (Å²) in [5.74, 6) is -4.34. The van der Waals surface area contributed by atoms with Crippen LogP contribution in [-0.2, 0) is 11.2 Å². The number of benzene rings is 2. The van der Waals surface area contributed by atoms with Gasteiger partial charge in [-0.2, -0.15) is 18.3 Å². The van der Waals surface area contributed by atoms with Crippen molar-refractivity contribution >= 4 is 17.7 Å². The molecule has 3 aromatic rings. The van der Waals surface area contributed by atoms with Crippen LogP contribution in [-0.4, -0.2) is 21.9 Å². The van der Waals surface area contributed by atoms with E-state index in [4.69, 9.17) is 0 Å². The average Bonchev–Trinajstić information content (AvgIpc) is 3.28. The molecule has 3 aliphatic carbocycles. The Balaban J connectivity index is 1.35. The lowest BCUT2D eigenvalue weighted by atomic mass is 9.54. The van der Waals surface area contributed by atoms with Gasteiger partial charge in [-0.25, -0.2) is 9.07 Å². The Morgan fingerprint density at radius 1 is 1.15 bits per heavy atom. The van der Waals surface area contributed by atoms with Crippen molar-refractivity contribution < 1.29 is 22.4 Å². The Labute approximate surface area is 224 Å². The zero-order valence-electron chi connectivity index (χ0n) is 21.7. The number of carbonyl (C=O) groups excluding carboxylic acids is 1. The van der Waals surface area contributed by atoms with E-state index in [1.54, 1.807) is 47.3 Å². The molecule has 8 heteroatoms. The Morgan fingerprint density at radius 2 is 1.92 bits per heavy atom. The number of carbonyl (C=O) groups is 1. The molecule has 1 heterocycles. The quantitative estimate of drug-likeness (QED) is 0.280. The lowest BCUT2D eigenvalue weighted by Gasteiger charge is -2.50. The lowest BCUT2D eigenvalue weighted by molar-refractivity contribution is -0.196. The molecule has 1 N–H and O–H groups in total. The number of nitrogens with one attached hydrogen (secondary N) is 1. The van der Waals surface area contributed by atoms with Crippen molar-refractivity contribution in [3.8, 4) is 5.69 Å². The fourth-order valence-corrected chi connectivity index (χ4v) is 6.88. The van der Waals surface area contributed by atoms with Gasteiger partial charge in [0, 0.05) is 11.1 Å². The number of alkyl halides is 3. The molecule has 6 rings (SSSR count). The standard InChI is InChI=1S/C31H29F4N3O/c1-18-4-3-5-22(14-18)37-29(39)28-24-11-6-20-15-27-19(17-36-38(27)23-9-7-21(32)8-10-23)16-30(20,2)25(24)12-13-26(28)31(33,34)35/h3-5,7-10,12,14-15,17,24,26,28H,6,11,13,16H2,1-2H3,(H,37,39)/t24-,26+,28+,30-/m0/s1. The van der Waals surface area contributed by atoms with Crippen molar-refractivity contribution in [2.75, 3.05) is 5.32 Å². The van der Waals surface area contributed by atoms with E-state index in [1.807, 2.05) is 13.0 Å². The van der Waals surface area contributed by atoms with Crippen molar-refractivity contribution in [3.05, 3.63) is 94.6 Å². The highest BCUT2D eigenvalue weighted by molar-refractivity contribution is 5.93. The number of fused-ring (bicyclic) bond motifs is 4. The lowest BCUT2D eigenvalue weighted by Crippen LogP contribution is -2.49. The molecule has 1 amide bonds. The summed E-state index contributed by atoms with van der Waals surface area (Å²) in [7, 11) is 0. The number of nitrogens with zero attached hydrogens (tertiary/aromatic N) is 2. The zero-order valence-corrected chi connectivity index (χ0v) is 21.7. The van der Waals surface area contributed by atoms with Crippen molar-refractivity contribution in [2.24, 2.45) is 23.2 Å². The molecule has 1 aromatic heterocycles. The monoisotopic (exact) mass is 535 g/mol. The van der Waals surface area contributed by atoms with Gasteiger partial charge in [-0.3, -0.25) is 4.79 Å².